The molecule has 0 heterocycles. The van der Waals surface area contributed by atoms with Crippen molar-refractivity contribution in [3.8, 4) is 0 Å². The molecule has 0 unspecified atom stereocenters. The molecule has 1 aromatic carbocycles. The number of rotatable bonds is 5. The predicted octanol–water partition coefficient (Wildman–Crippen LogP) is 2.68. The Hall–Kier alpha value is -2.08. The SMILES string of the molecule is O=C(COC(=O)C1(c2ccc(Cl)cc2)CCCC1)NC(=O)NC1CC1. The highest BCUT2D eigenvalue weighted by atomic mass is 35.5. The van der Waals surface area contributed by atoms with Crippen molar-refractivity contribution in [2.45, 2.75) is 50.0 Å². The van der Waals surface area contributed by atoms with Crippen LogP contribution in [-0.2, 0) is 19.7 Å². The number of esters is 1. The fraction of sp³-hybridized carbons (Fsp3) is 0.500. The standard InChI is InChI=1S/C18H21ClN2O4/c19-13-5-3-12(4-6-13)18(9-1-2-10-18)16(23)25-11-15(22)21-17(24)20-14-7-8-14/h3-6,14H,1-2,7-11H2,(H2,20,21,22,24). The molecule has 3 rings (SSSR count). The van der Waals surface area contributed by atoms with Crippen molar-refractivity contribution in [3.63, 3.8) is 0 Å². The van der Waals surface area contributed by atoms with Crippen LogP contribution >= 0.6 is 11.6 Å². The minimum atomic E-state index is -0.735. The molecular weight excluding hydrogens is 344 g/mol. The Morgan fingerprint density at radius 3 is 2.36 bits per heavy atom. The van der Waals surface area contributed by atoms with Crippen LogP contribution in [0.1, 0.15) is 44.1 Å². The number of imide groups is 1. The molecule has 2 aliphatic carbocycles. The minimum absolute atomic E-state index is 0.155. The Kier molecular flexibility index (Phi) is 5.27. The average Bonchev–Trinajstić information content (AvgIpc) is 3.25. The van der Waals surface area contributed by atoms with E-state index >= 15 is 0 Å². The van der Waals surface area contributed by atoms with Crippen molar-refractivity contribution in [1.29, 1.82) is 0 Å². The van der Waals surface area contributed by atoms with Gasteiger partial charge in [-0.05, 0) is 43.4 Å². The maximum atomic E-state index is 12.7. The lowest BCUT2D eigenvalue weighted by atomic mass is 9.79. The molecule has 0 atom stereocenters. The van der Waals surface area contributed by atoms with E-state index in [4.69, 9.17) is 16.3 Å². The predicted molar refractivity (Wildman–Crippen MR) is 92.3 cm³/mol. The summed E-state index contributed by atoms with van der Waals surface area (Å²) in [6.45, 7) is -0.466. The van der Waals surface area contributed by atoms with Crippen LogP contribution in [0, 0.1) is 0 Å². The van der Waals surface area contributed by atoms with E-state index in [1.165, 1.54) is 0 Å². The first-order valence-corrected chi connectivity index (χ1v) is 8.91. The Morgan fingerprint density at radius 2 is 1.76 bits per heavy atom. The number of amides is 3. The van der Waals surface area contributed by atoms with Crippen LogP contribution < -0.4 is 10.6 Å². The fourth-order valence-corrected chi connectivity index (χ4v) is 3.37. The van der Waals surface area contributed by atoms with Gasteiger partial charge in [0.1, 0.15) is 0 Å². The number of hydrogen-bond acceptors (Lipinski definition) is 4. The van der Waals surface area contributed by atoms with Gasteiger partial charge in [-0.25, -0.2) is 4.79 Å². The zero-order valence-corrected chi connectivity index (χ0v) is 14.6. The van der Waals surface area contributed by atoms with Gasteiger partial charge < -0.3 is 10.1 Å². The maximum Gasteiger partial charge on any atom is 0.321 e. The lowest BCUT2D eigenvalue weighted by molar-refractivity contribution is -0.154. The first kappa shape index (κ1) is 17.7. The number of ether oxygens (including phenoxy) is 1. The summed E-state index contributed by atoms with van der Waals surface area (Å²) in [5.74, 6) is -1.05. The largest absolute Gasteiger partial charge is 0.455 e. The van der Waals surface area contributed by atoms with Gasteiger partial charge in [-0.2, -0.15) is 0 Å². The van der Waals surface area contributed by atoms with Crippen LogP contribution in [0.5, 0.6) is 0 Å². The summed E-state index contributed by atoms with van der Waals surface area (Å²) in [6.07, 6.45) is 5.07. The Labute approximate surface area is 151 Å². The van der Waals surface area contributed by atoms with E-state index in [2.05, 4.69) is 10.6 Å². The summed E-state index contributed by atoms with van der Waals surface area (Å²) in [5.41, 5.74) is 0.118. The second kappa shape index (κ2) is 7.44. The van der Waals surface area contributed by atoms with Crippen molar-refractivity contribution >= 4 is 29.5 Å². The van der Waals surface area contributed by atoms with E-state index in [1.807, 2.05) is 12.1 Å². The molecule has 6 nitrogen and oxygen atoms in total. The third-order valence-electron chi connectivity index (χ3n) is 4.74. The molecule has 25 heavy (non-hydrogen) atoms. The van der Waals surface area contributed by atoms with Gasteiger partial charge in [-0.3, -0.25) is 14.9 Å². The van der Waals surface area contributed by atoms with E-state index in [1.54, 1.807) is 12.1 Å². The summed E-state index contributed by atoms with van der Waals surface area (Å²) in [4.78, 5) is 36.0. The fourth-order valence-electron chi connectivity index (χ4n) is 3.24. The molecule has 2 saturated carbocycles. The number of benzene rings is 1. The van der Waals surface area contributed by atoms with Crippen LogP contribution in [0.15, 0.2) is 24.3 Å². The summed E-state index contributed by atoms with van der Waals surface area (Å²) in [5, 5.41) is 5.42. The van der Waals surface area contributed by atoms with Crippen LogP contribution in [0.25, 0.3) is 0 Å². The number of carbonyl (C=O) groups is 3. The maximum absolute atomic E-state index is 12.7. The van der Waals surface area contributed by atoms with Crippen LogP contribution in [0.3, 0.4) is 0 Å². The summed E-state index contributed by atoms with van der Waals surface area (Å²) < 4.78 is 5.23. The molecule has 0 aromatic heterocycles. The monoisotopic (exact) mass is 364 g/mol. The molecule has 3 amide bonds. The van der Waals surface area contributed by atoms with Gasteiger partial charge in [0.25, 0.3) is 5.91 Å². The second-order valence-corrected chi connectivity index (χ2v) is 7.10. The molecule has 2 aliphatic rings. The number of nitrogens with one attached hydrogen (secondary N) is 2. The summed E-state index contributed by atoms with van der Waals surface area (Å²) in [7, 11) is 0. The van der Waals surface area contributed by atoms with Crippen LogP contribution in [0.2, 0.25) is 5.02 Å². The van der Waals surface area contributed by atoms with Crippen molar-refractivity contribution in [2.75, 3.05) is 6.61 Å². The molecular formula is C18H21ClN2O4. The average molecular weight is 365 g/mol. The highest BCUT2D eigenvalue weighted by Gasteiger charge is 2.44. The van der Waals surface area contributed by atoms with Gasteiger partial charge in [0.2, 0.25) is 0 Å². The van der Waals surface area contributed by atoms with Crippen molar-refractivity contribution in [1.82, 2.24) is 10.6 Å². The van der Waals surface area contributed by atoms with Crippen molar-refractivity contribution in [2.24, 2.45) is 0 Å². The first-order chi connectivity index (χ1) is 12.0. The lowest BCUT2D eigenvalue weighted by Crippen LogP contribution is -2.43. The molecule has 7 heteroatoms. The van der Waals surface area contributed by atoms with Gasteiger partial charge >= 0.3 is 12.0 Å². The van der Waals surface area contributed by atoms with Gasteiger partial charge in [0.15, 0.2) is 6.61 Å². The zero-order chi connectivity index (χ0) is 17.9. The third kappa shape index (κ3) is 4.31. The van der Waals surface area contributed by atoms with E-state index in [0.717, 1.165) is 31.2 Å². The minimum Gasteiger partial charge on any atom is -0.455 e. The Balaban J connectivity index is 1.58. The number of halogens is 1. The van der Waals surface area contributed by atoms with E-state index in [9.17, 15) is 14.4 Å². The topological polar surface area (TPSA) is 84.5 Å². The van der Waals surface area contributed by atoms with Gasteiger partial charge in [0.05, 0.1) is 5.41 Å². The quantitative estimate of drug-likeness (QED) is 0.787. The van der Waals surface area contributed by atoms with E-state index in [-0.39, 0.29) is 6.04 Å². The molecule has 0 bridgehead atoms. The third-order valence-corrected chi connectivity index (χ3v) is 5.00. The van der Waals surface area contributed by atoms with Crippen molar-refractivity contribution in [3.05, 3.63) is 34.9 Å². The molecule has 1 aromatic rings. The smallest absolute Gasteiger partial charge is 0.321 e. The normalized spacial score (nSPS) is 18.4. The molecule has 0 spiro atoms. The molecule has 2 fully saturated rings. The Morgan fingerprint density at radius 1 is 1.12 bits per heavy atom. The van der Waals surface area contributed by atoms with Crippen LogP contribution in [-0.4, -0.2) is 30.6 Å². The molecule has 0 radical (unpaired) electrons. The second-order valence-electron chi connectivity index (χ2n) is 6.67. The molecule has 0 aliphatic heterocycles. The molecule has 2 N–H and O–H groups in total. The first-order valence-electron chi connectivity index (χ1n) is 8.53. The van der Waals surface area contributed by atoms with Gasteiger partial charge in [-0.1, -0.05) is 36.6 Å². The van der Waals surface area contributed by atoms with Gasteiger partial charge in [0, 0.05) is 11.1 Å². The van der Waals surface area contributed by atoms with E-state index < -0.39 is 29.9 Å². The number of urea groups is 1. The molecule has 134 valence electrons. The highest BCUT2D eigenvalue weighted by molar-refractivity contribution is 6.30. The van der Waals surface area contributed by atoms with Gasteiger partial charge in [-0.15, -0.1) is 0 Å². The van der Waals surface area contributed by atoms with E-state index in [0.29, 0.717) is 17.9 Å². The summed E-state index contributed by atoms with van der Waals surface area (Å²) >= 11 is 5.93. The van der Waals surface area contributed by atoms with Crippen LogP contribution in [0.4, 0.5) is 4.79 Å². The lowest BCUT2D eigenvalue weighted by Gasteiger charge is -2.27. The number of carbonyl (C=O) groups excluding carboxylic acids is 3. The van der Waals surface area contributed by atoms with Crippen molar-refractivity contribution < 1.29 is 19.1 Å². The highest BCUT2D eigenvalue weighted by Crippen LogP contribution is 2.42. The molecule has 0 saturated heterocycles. The zero-order valence-electron chi connectivity index (χ0n) is 13.8. The summed E-state index contributed by atoms with van der Waals surface area (Å²) in [6, 6.07) is 6.77. The Bertz CT molecular complexity index is 664. The number of hydrogen-bond donors (Lipinski definition) is 2.